The Morgan fingerprint density at radius 3 is 2.00 bits per heavy atom. The fraction of sp³-hybridized carbons (Fsp3) is 0.250. The summed E-state index contributed by atoms with van der Waals surface area (Å²) in [4.78, 5) is 19.1. The second-order valence-electron chi connectivity index (χ2n) is 9.55. The van der Waals surface area contributed by atoms with Gasteiger partial charge in [0.2, 0.25) is 0 Å². The summed E-state index contributed by atoms with van der Waals surface area (Å²) in [6.07, 6.45) is -4.74. The van der Waals surface area contributed by atoms with Gasteiger partial charge in [0.05, 0.1) is 12.1 Å². The number of halogens is 3. The topological polar surface area (TPSA) is 39.9 Å². The molecule has 4 rings (SSSR count). The molecule has 0 bridgehead atoms. The van der Waals surface area contributed by atoms with Crippen LogP contribution in [0.15, 0.2) is 66.7 Å². The molecule has 1 fully saturated rings. The van der Waals surface area contributed by atoms with Crippen molar-refractivity contribution in [1.82, 2.24) is 0 Å². The largest absolute Gasteiger partial charge is 0.407 e. The molecule has 190 valence electrons. The summed E-state index contributed by atoms with van der Waals surface area (Å²) < 4.78 is 40.7. The number of benzene rings is 3. The average Bonchev–Trinajstić information content (AvgIpc) is 3.02. The van der Waals surface area contributed by atoms with Gasteiger partial charge >= 0.3 is 6.18 Å². The molecule has 1 aliphatic rings. The number of thiocarbonyl (C=S) groups is 1. The Balaban J connectivity index is 1.65. The first kappa shape index (κ1) is 26.2. The van der Waals surface area contributed by atoms with Gasteiger partial charge in [-0.1, -0.05) is 30.3 Å². The molecule has 0 aromatic heterocycles. The van der Waals surface area contributed by atoms with Crippen molar-refractivity contribution in [2.24, 2.45) is 0 Å². The van der Waals surface area contributed by atoms with Crippen molar-refractivity contribution in [3.05, 3.63) is 83.7 Å². The molecule has 0 aliphatic carbocycles. The SMILES string of the molecule is [C-]#[N+]c1ccc(N2C(=O)C(C)(C)N(c3ccc(-c4ccc(NC(C)C)cc4)cc3)C2=S)cc1C(F)(F)F. The Bertz CT molecular complexity index is 1390. The monoisotopic (exact) mass is 522 g/mol. The normalized spacial score (nSPS) is 15.3. The number of rotatable bonds is 5. The predicted molar refractivity (Wildman–Crippen MR) is 145 cm³/mol. The van der Waals surface area contributed by atoms with E-state index in [9.17, 15) is 18.0 Å². The van der Waals surface area contributed by atoms with Crippen molar-refractivity contribution in [1.29, 1.82) is 0 Å². The first-order chi connectivity index (χ1) is 17.3. The summed E-state index contributed by atoms with van der Waals surface area (Å²) in [5.41, 5.74) is 0.839. The lowest BCUT2D eigenvalue weighted by Crippen LogP contribution is -2.44. The van der Waals surface area contributed by atoms with E-state index in [0.717, 1.165) is 33.8 Å². The van der Waals surface area contributed by atoms with Crippen LogP contribution in [-0.2, 0) is 11.0 Å². The van der Waals surface area contributed by atoms with E-state index in [4.69, 9.17) is 18.8 Å². The zero-order valence-corrected chi connectivity index (χ0v) is 21.5. The summed E-state index contributed by atoms with van der Waals surface area (Å²) in [6, 6.07) is 19.1. The second-order valence-corrected chi connectivity index (χ2v) is 9.92. The van der Waals surface area contributed by atoms with Crippen molar-refractivity contribution in [3.63, 3.8) is 0 Å². The molecule has 0 unspecified atom stereocenters. The zero-order valence-electron chi connectivity index (χ0n) is 20.7. The van der Waals surface area contributed by atoms with E-state index >= 15 is 0 Å². The van der Waals surface area contributed by atoms with Gasteiger partial charge in [0, 0.05) is 23.1 Å². The van der Waals surface area contributed by atoms with Crippen LogP contribution in [0.2, 0.25) is 0 Å². The molecule has 9 heteroatoms. The van der Waals surface area contributed by atoms with E-state index in [1.165, 1.54) is 6.07 Å². The van der Waals surface area contributed by atoms with Gasteiger partial charge in [-0.3, -0.25) is 9.69 Å². The fourth-order valence-corrected chi connectivity index (χ4v) is 4.86. The highest BCUT2D eigenvalue weighted by molar-refractivity contribution is 7.81. The van der Waals surface area contributed by atoms with Gasteiger partial charge < -0.3 is 10.2 Å². The molecule has 0 spiro atoms. The minimum Gasteiger partial charge on any atom is -0.383 e. The van der Waals surface area contributed by atoms with E-state index in [2.05, 4.69) is 24.0 Å². The van der Waals surface area contributed by atoms with Crippen LogP contribution in [0.5, 0.6) is 0 Å². The van der Waals surface area contributed by atoms with Gasteiger partial charge in [-0.2, -0.15) is 13.2 Å². The zero-order chi connectivity index (χ0) is 27.1. The van der Waals surface area contributed by atoms with Gasteiger partial charge in [0.15, 0.2) is 10.8 Å². The molecule has 5 nitrogen and oxygen atoms in total. The summed E-state index contributed by atoms with van der Waals surface area (Å²) in [5.74, 6) is -0.460. The number of amides is 1. The lowest BCUT2D eigenvalue weighted by Gasteiger charge is -2.29. The maximum atomic E-state index is 13.6. The summed E-state index contributed by atoms with van der Waals surface area (Å²) >= 11 is 5.61. The van der Waals surface area contributed by atoms with Gasteiger partial charge in [0.1, 0.15) is 5.54 Å². The molecule has 0 radical (unpaired) electrons. The molecule has 1 N–H and O–H groups in total. The highest BCUT2D eigenvalue weighted by atomic mass is 32.1. The van der Waals surface area contributed by atoms with Crippen molar-refractivity contribution in [2.45, 2.75) is 45.5 Å². The molecule has 1 amide bonds. The van der Waals surface area contributed by atoms with Crippen LogP contribution in [0, 0.1) is 6.57 Å². The molecular weight excluding hydrogens is 497 g/mol. The Kier molecular flexibility index (Phi) is 6.74. The number of hydrogen-bond donors (Lipinski definition) is 1. The van der Waals surface area contributed by atoms with Crippen LogP contribution in [-0.4, -0.2) is 22.6 Å². The molecule has 1 heterocycles. The standard InChI is InChI=1S/C28H25F3N4OS/c1-17(2)33-20-10-6-18(7-11-20)19-8-12-21(13-9-19)35-26(37)34(25(36)27(35,3)4)22-14-15-24(32-5)23(16-22)28(29,30)31/h6-17,33H,1-4H3. The van der Waals surface area contributed by atoms with Crippen LogP contribution in [0.3, 0.4) is 0 Å². The minimum absolute atomic E-state index is 0.0305. The van der Waals surface area contributed by atoms with Crippen molar-refractivity contribution >= 4 is 46.0 Å². The highest BCUT2D eigenvalue weighted by Gasteiger charge is 2.50. The lowest BCUT2D eigenvalue weighted by molar-refractivity contribution is -0.136. The second kappa shape index (κ2) is 9.52. The lowest BCUT2D eigenvalue weighted by atomic mass is 10.0. The van der Waals surface area contributed by atoms with Gasteiger partial charge in [0.25, 0.3) is 5.91 Å². The first-order valence-electron chi connectivity index (χ1n) is 11.6. The molecule has 3 aromatic rings. The number of carbonyl (C=O) groups excluding carboxylic acids is 1. The van der Waals surface area contributed by atoms with E-state index in [1.54, 1.807) is 18.7 Å². The van der Waals surface area contributed by atoms with Crippen molar-refractivity contribution < 1.29 is 18.0 Å². The van der Waals surface area contributed by atoms with Crippen molar-refractivity contribution in [3.8, 4) is 11.1 Å². The summed E-state index contributed by atoms with van der Waals surface area (Å²) in [7, 11) is 0. The number of nitrogens with zero attached hydrogens (tertiary/aromatic N) is 3. The molecule has 0 saturated carbocycles. The van der Waals surface area contributed by atoms with Crippen LogP contribution in [0.4, 0.5) is 35.9 Å². The Morgan fingerprint density at radius 2 is 1.49 bits per heavy atom. The third kappa shape index (κ3) is 4.89. The summed E-state index contributed by atoms with van der Waals surface area (Å²) in [5, 5.41) is 3.41. The molecular formula is C28H25F3N4OS. The van der Waals surface area contributed by atoms with Gasteiger partial charge in [-0.15, -0.1) is 0 Å². The smallest absolute Gasteiger partial charge is 0.383 e. The van der Waals surface area contributed by atoms with E-state index in [-0.39, 0.29) is 10.8 Å². The van der Waals surface area contributed by atoms with E-state index in [0.29, 0.717) is 11.7 Å². The predicted octanol–water partition coefficient (Wildman–Crippen LogP) is 7.66. The van der Waals surface area contributed by atoms with Gasteiger partial charge in [-0.05, 0) is 87.4 Å². The Labute approximate surface area is 219 Å². The number of anilines is 3. The highest BCUT2D eigenvalue weighted by Crippen LogP contribution is 2.42. The average molecular weight is 523 g/mol. The Morgan fingerprint density at radius 1 is 0.946 bits per heavy atom. The third-order valence-corrected chi connectivity index (χ3v) is 6.50. The van der Waals surface area contributed by atoms with Gasteiger partial charge in [-0.25, -0.2) is 4.85 Å². The number of nitrogens with one attached hydrogen (secondary N) is 1. The fourth-order valence-electron chi connectivity index (χ4n) is 4.34. The van der Waals surface area contributed by atoms with Crippen LogP contribution >= 0.6 is 12.2 Å². The molecule has 37 heavy (non-hydrogen) atoms. The van der Waals surface area contributed by atoms with E-state index in [1.807, 2.05) is 48.5 Å². The summed E-state index contributed by atoms with van der Waals surface area (Å²) in [6.45, 7) is 14.5. The quantitative estimate of drug-likeness (QED) is 0.276. The number of carbonyl (C=O) groups is 1. The number of hydrogen-bond acceptors (Lipinski definition) is 3. The Hall–Kier alpha value is -3.90. The van der Waals surface area contributed by atoms with E-state index < -0.39 is 28.9 Å². The maximum Gasteiger partial charge on any atom is 0.407 e. The van der Waals surface area contributed by atoms with Crippen molar-refractivity contribution in [2.75, 3.05) is 15.1 Å². The van der Waals surface area contributed by atoms with Crippen LogP contribution in [0.1, 0.15) is 33.3 Å². The first-order valence-corrected chi connectivity index (χ1v) is 12.0. The maximum absolute atomic E-state index is 13.6. The van der Waals surface area contributed by atoms with Crippen LogP contribution in [0.25, 0.3) is 16.0 Å². The number of alkyl halides is 3. The molecule has 1 saturated heterocycles. The molecule has 1 aliphatic heterocycles. The third-order valence-electron chi connectivity index (χ3n) is 6.13. The molecule has 0 atom stereocenters. The molecule has 3 aromatic carbocycles. The minimum atomic E-state index is -4.74. The van der Waals surface area contributed by atoms with Crippen LogP contribution < -0.4 is 15.1 Å².